The van der Waals surface area contributed by atoms with Gasteiger partial charge in [-0.3, -0.25) is 9.59 Å². The molecule has 1 aliphatic heterocycles. The van der Waals surface area contributed by atoms with Crippen molar-refractivity contribution in [2.75, 3.05) is 49.4 Å². The van der Waals surface area contributed by atoms with Gasteiger partial charge in [0.15, 0.2) is 0 Å². The van der Waals surface area contributed by atoms with Crippen LogP contribution in [0.1, 0.15) is 53.9 Å². The lowest BCUT2D eigenvalue weighted by Crippen LogP contribution is -2.32. The highest BCUT2D eigenvalue weighted by atomic mass is 16.5. The third-order valence-electron chi connectivity index (χ3n) is 6.49. The number of fused-ring (bicyclic) bond motifs is 1. The van der Waals surface area contributed by atoms with Crippen molar-refractivity contribution in [3.63, 3.8) is 0 Å². The lowest BCUT2D eigenvalue weighted by atomic mass is 9.77. The number of hydrogen-bond acceptors (Lipinski definition) is 8. The summed E-state index contributed by atoms with van der Waals surface area (Å²) >= 11 is 0. The van der Waals surface area contributed by atoms with E-state index >= 15 is 0 Å². The number of anilines is 3. The third kappa shape index (κ3) is 5.39. The van der Waals surface area contributed by atoms with E-state index < -0.39 is 5.97 Å². The summed E-state index contributed by atoms with van der Waals surface area (Å²) in [6.07, 6.45) is 4.08. The number of hydrogen-bond donors (Lipinski definition) is 3. The minimum absolute atomic E-state index is 0.0663. The fourth-order valence-electron chi connectivity index (χ4n) is 4.70. The maximum absolute atomic E-state index is 13.3. The van der Waals surface area contributed by atoms with Gasteiger partial charge in [0, 0.05) is 25.8 Å². The summed E-state index contributed by atoms with van der Waals surface area (Å²) < 4.78 is 10.8. The number of nitrogens with two attached hydrogens (primary N) is 1. The Morgan fingerprint density at radius 2 is 1.97 bits per heavy atom. The Kier molecular flexibility index (Phi) is 7.46. The maximum Gasteiger partial charge on any atom is 0.303 e. The molecule has 0 spiro atoms. The van der Waals surface area contributed by atoms with Gasteiger partial charge in [-0.25, -0.2) is 0 Å². The number of carbonyl (C=O) groups excluding carboxylic acids is 1. The second-order valence-electron chi connectivity index (χ2n) is 8.74. The number of ether oxygens (including phenoxy) is 2. The molecule has 182 valence electrons. The van der Waals surface area contributed by atoms with Crippen LogP contribution in [-0.2, 0) is 9.53 Å². The van der Waals surface area contributed by atoms with Gasteiger partial charge in [0.05, 0.1) is 13.2 Å². The van der Waals surface area contributed by atoms with E-state index in [1.807, 2.05) is 12.1 Å². The standard InChI is InChI=1S/C24H31N5O5/c1-33-12-10-26-24-27-21(25)20-22(28-24)34-13-11-29(23(20)32)18-8-6-17(7-9-18)16-4-2-15(3-5-16)14-19(30)31/h6-9,15-16H,2-5,10-14H2,1H3,(H,30,31)(H3,25,26,27,28)/t15-,16-. The first-order valence-corrected chi connectivity index (χ1v) is 11.6. The molecule has 0 bridgehead atoms. The largest absolute Gasteiger partial charge is 0.481 e. The topological polar surface area (TPSA) is 140 Å². The quantitative estimate of drug-likeness (QED) is 0.498. The third-order valence-corrected chi connectivity index (χ3v) is 6.49. The van der Waals surface area contributed by atoms with Crippen molar-refractivity contribution in [1.29, 1.82) is 0 Å². The highest BCUT2D eigenvalue weighted by molar-refractivity contribution is 6.10. The Hall–Kier alpha value is -3.40. The number of carboxylic acids is 1. The van der Waals surface area contributed by atoms with Crippen LogP contribution in [-0.4, -0.2) is 60.4 Å². The van der Waals surface area contributed by atoms with Gasteiger partial charge in [0.1, 0.15) is 18.0 Å². The summed E-state index contributed by atoms with van der Waals surface area (Å²) in [6, 6.07) is 8.00. The van der Waals surface area contributed by atoms with Gasteiger partial charge in [-0.15, -0.1) is 0 Å². The summed E-state index contributed by atoms with van der Waals surface area (Å²) in [7, 11) is 1.60. The van der Waals surface area contributed by atoms with Crippen molar-refractivity contribution >= 4 is 29.3 Å². The molecule has 10 nitrogen and oxygen atoms in total. The fraction of sp³-hybridized carbons (Fsp3) is 0.500. The normalized spacial score (nSPS) is 20.3. The van der Waals surface area contributed by atoms with Crippen molar-refractivity contribution in [2.45, 2.75) is 38.0 Å². The smallest absolute Gasteiger partial charge is 0.303 e. The lowest BCUT2D eigenvalue weighted by Gasteiger charge is -2.28. The molecule has 0 atom stereocenters. The number of amides is 1. The second-order valence-corrected chi connectivity index (χ2v) is 8.74. The number of nitrogen functional groups attached to an aromatic ring is 1. The fourth-order valence-corrected chi connectivity index (χ4v) is 4.70. The monoisotopic (exact) mass is 469 g/mol. The van der Waals surface area contributed by atoms with E-state index in [-0.39, 0.29) is 48.1 Å². The Morgan fingerprint density at radius 3 is 2.65 bits per heavy atom. The van der Waals surface area contributed by atoms with Crippen molar-refractivity contribution in [1.82, 2.24) is 9.97 Å². The molecular weight excluding hydrogens is 438 g/mol. The van der Waals surface area contributed by atoms with Gasteiger partial charge in [0.2, 0.25) is 11.8 Å². The predicted octanol–water partition coefficient (Wildman–Crippen LogP) is 2.90. The number of carboxylic acid groups (broad SMARTS) is 1. The minimum atomic E-state index is -0.718. The van der Waals surface area contributed by atoms with Gasteiger partial charge in [0.25, 0.3) is 5.91 Å². The summed E-state index contributed by atoms with van der Waals surface area (Å²) in [5, 5.41) is 12.0. The van der Waals surface area contributed by atoms with E-state index in [0.717, 1.165) is 31.4 Å². The molecule has 1 aromatic carbocycles. The van der Waals surface area contributed by atoms with Crippen molar-refractivity contribution in [2.24, 2.45) is 5.92 Å². The molecule has 34 heavy (non-hydrogen) atoms. The second kappa shape index (κ2) is 10.7. The van der Waals surface area contributed by atoms with Crippen LogP contribution < -0.4 is 20.7 Å². The van der Waals surface area contributed by atoms with Gasteiger partial charge >= 0.3 is 5.97 Å². The molecule has 1 amide bonds. The Balaban J connectivity index is 1.46. The van der Waals surface area contributed by atoms with E-state index in [0.29, 0.717) is 25.6 Å². The molecular formula is C24H31N5O5. The Bertz CT molecular complexity index is 1020. The molecule has 1 aliphatic carbocycles. The molecule has 1 fully saturated rings. The first-order valence-electron chi connectivity index (χ1n) is 11.6. The highest BCUT2D eigenvalue weighted by Gasteiger charge is 2.30. The first kappa shape index (κ1) is 23.7. The maximum atomic E-state index is 13.3. The number of nitrogens with zero attached hydrogens (tertiary/aromatic N) is 3. The predicted molar refractivity (Wildman–Crippen MR) is 127 cm³/mol. The zero-order valence-corrected chi connectivity index (χ0v) is 19.3. The van der Waals surface area contributed by atoms with Crippen LogP contribution in [0.3, 0.4) is 0 Å². The van der Waals surface area contributed by atoms with Crippen LogP contribution in [0.4, 0.5) is 17.5 Å². The molecule has 2 aliphatic rings. The van der Waals surface area contributed by atoms with Gasteiger partial charge in [-0.1, -0.05) is 12.1 Å². The molecule has 2 aromatic rings. The van der Waals surface area contributed by atoms with Crippen LogP contribution in [0.15, 0.2) is 24.3 Å². The number of carbonyl (C=O) groups is 2. The highest BCUT2D eigenvalue weighted by Crippen LogP contribution is 2.38. The number of aliphatic carboxylic acids is 1. The molecule has 4 N–H and O–H groups in total. The Morgan fingerprint density at radius 1 is 1.24 bits per heavy atom. The number of methoxy groups -OCH3 is 1. The van der Waals surface area contributed by atoms with E-state index in [1.165, 1.54) is 5.56 Å². The van der Waals surface area contributed by atoms with Crippen molar-refractivity contribution in [3.05, 3.63) is 35.4 Å². The number of rotatable bonds is 8. The Labute approximate surface area is 198 Å². The summed E-state index contributed by atoms with van der Waals surface area (Å²) in [6.45, 7) is 1.62. The lowest BCUT2D eigenvalue weighted by molar-refractivity contribution is -0.138. The van der Waals surface area contributed by atoms with Crippen LogP contribution in [0.2, 0.25) is 0 Å². The van der Waals surface area contributed by atoms with Crippen LogP contribution in [0.25, 0.3) is 0 Å². The van der Waals surface area contributed by atoms with Crippen LogP contribution in [0, 0.1) is 5.92 Å². The van der Waals surface area contributed by atoms with Gasteiger partial charge in [-0.05, 0) is 55.2 Å². The van der Waals surface area contributed by atoms with Crippen molar-refractivity contribution in [3.8, 4) is 5.88 Å². The van der Waals surface area contributed by atoms with E-state index in [9.17, 15) is 9.59 Å². The first-order chi connectivity index (χ1) is 16.5. The van der Waals surface area contributed by atoms with E-state index in [1.54, 1.807) is 12.0 Å². The van der Waals surface area contributed by atoms with E-state index in [2.05, 4.69) is 27.4 Å². The minimum Gasteiger partial charge on any atom is -0.481 e. The van der Waals surface area contributed by atoms with Gasteiger partial charge in [-0.2, -0.15) is 9.97 Å². The average molecular weight is 470 g/mol. The van der Waals surface area contributed by atoms with Gasteiger partial charge < -0.3 is 30.5 Å². The summed E-state index contributed by atoms with van der Waals surface area (Å²) in [5.41, 5.74) is 8.26. The SMILES string of the molecule is COCCNc1nc(N)c2c(n1)OCCN(c1ccc([C@H]3CC[C@H](CC(=O)O)CC3)cc1)C2=O. The molecule has 0 unspecified atom stereocenters. The molecule has 1 aromatic heterocycles. The number of nitrogens with one attached hydrogen (secondary N) is 1. The van der Waals surface area contributed by atoms with Crippen LogP contribution >= 0.6 is 0 Å². The summed E-state index contributed by atoms with van der Waals surface area (Å²) in [5.74, 6) is 0.200. The van der Waals surface area contributed by atoms with E-state index in [4.69, 9.17) is 20.3 Å². The number of aromatic nitrogens is 2. The molecule has 0 radical (unpaired) electrons. The molecule has 1 saturated carbocycles. The number of benzene rings is 1. The molecule has 0 saturated heterocycles. The zero-order chi connectivity index (χ0) is 24.1. The molecule has 10 heteroatoms. The molecule has 2 heterocycles. The van der Waals surface area contributed by atoms with Crippen LogP contribution in [0.5, 0.6) is 5.88 Å². The average Bonchev–Trinajstić information content (AvgIpc) is 2.98. The summed E-state index contributed by atoms with van der Waals surface area (Å²) in [4.78, 5) is 34.5. The van der Waals surface area contributed by atoms with Crippen molar-refractivity contribution < 1.29 is 24.2 Å². The molecule has 4 rings (SSSR count). The zero-order valence-electron chi connectivity index (χ0n) is 19.3.